The zero-order valence-electron chi connectivity index (χ0n) is 18.7. The topological polar surface area (TPSA) is 109 Å². The Bertz CT molecular complexity index is 1200. The van der Waals surface area contributed by atoms with Crippen molar-refractivity contribution in [2.24, 2.45) is 0 Å². The largest absolute Gasteiger partial charge is 0.421 e. The van der Waals surface area contributed by atoms with E-state index in [1.54, 1.807) is 12.1 Å². The summed E-state index contributed by atoms with van der Waals surface area (Å²) >= 11 is 0. The van der Waals surface area contributed by atoms with Gasteiger partial charge in [0.15, 0.2) is 0 Å². The van der Waals surface area contributed by atoms with E-state index in [1.165, 1.54) is 16.4 Å². The van der Waals surface area contributed by atoms with Gasteiger partial charge >= 0.3 is 0 Å². The molecule has 33 heavy (non-hydrogen) atoms. The third-order valence-corrected chi connectivity index (χ3v) is 7.48. The fraction of sp³-hybridized carbons (Fsp3) is 0.348. The highest BCUT2D eigenvalue weighted by atomic mass is 32.2. The number of likely N-dealkylation sites (N-methyl/N-ethyl adjacent to an activating group) is 1. The van der Waals surface area contributed by atoms with Gasteiger partial charge < -0.3 is 14.6 Å². The second-order valence-electron chi connectivity index (χ2n) is 8.15. The summed E-state index contributed by atoms with van der Waals surface area (Å²) in [6.07, 6.45) is 0.470. The van der Waals surface area contributed by atoms with Gasteiger partial charge in [-0.25, -0.2) is 8.42 Å². The van der Waals surface area contributed by atoms with Crippen molar-refractivity contribution in [3.8, 4) is 11.5 Å². The van der Waals surface area contributed by atoms with E-state index in [2.05, 4.69) is 20.4 Å². The van der Waals surface area contributed by atoms with Crippen molar-refractivity contribution in [3.63, 3.8) is 0 Å². The zero-order valence-corrected chi connectivity index (χ0v) is 19.5. The van der Waals surface area contributed by atoms with Crippen molar-refractivity contribution in [1.29, 1.82) is 0 Å². The van der Waals surface area contributed by atoms with Gasteiger partial charge in [-0.2, -0.15) is 4.31 Å². The Balaban J connectivity index is 1.31. The number of nitrogens with zero attached hydrogens (tertiary/aromatic N) is 4. The van der Waals surface area contributed by atoms with Crippen molar-refractivity contribution < 1.29 is 17.6 Å². The molecule has 1 aromatic heterocycles. The molecule has 4 rings (SSSR count). The molecule has 0 atom stereocenters. The number of hydrogen-bond donors (Lipinski definition) is 1. The second-order valence-corrected chi connectivity index (χ2v) is 10.1. The van der Waals surface area contributed by atoms with E-state index < -0.39 is 10.0 Å². The Morgan fingerprint density at radius 1 is 1.00 bits per heavy atom. The number of hydrogen-bond acceptors (Lipinski definition) is 7. The highest BCUT2D eigenvalue weighted by molar-refractivity contribution is 7.89. The minimum absolute atomic E-state index is 0.164. The van der Waals surface area contributed by atoms with Crippen LogP contribution in [-0.4, -0.2) is 67.0 Å². The molecule has 9 nitrogen and oxygen atoms in total. The van der Waals surface area contributed by atoms with E-state index in [0.29, 0.717) is 50.1 Å². The number of piperazine rings is 1. The van der Waals surface area contributed by atoms with Crippen LogP contribution in [0.25, 0.3) is 11.5 Å². The quantitative estimate of drug-likeness (QED) is 0.566. The number of nitrogens with one attached hydrogen (secondary N) is 1. The summed E-state index contributed by atoms with van der Waals surface area (Å²) in [5.41, 5.74) is 2.50. The van der Waals surface area contributed by atoms with Crippen LogP contribution in [0.4, 0.5) is 5.69 Å². The summed E-state index contributed by atoms with van der Waals surface area (Å²) in [5, 5.41) is 10.8. The maximum atomic E-state index is 12.8. The number of rotatable bonds is 7. The predicted molar refractivity (Wildman–Crippen MR) is 124 cm³/mol. The lowest BCUT2D eigenvalue weighted by Crippen LogP contribution is -2.46. The van der Waals surface area contributed by atoms with Gasteiger partial charge in [0, 0.05) is 50.3 Å². The average Bonchev–Trinajstić information content (AvgIpc) is 3.28. The standard InChI is InChI=1S/C23H27N5O4S/c1-17-3-5-18(6-4-17)23-26-25-22(32-23)12-11-21(29)24-19-7-9-20(10-8-19)33(30,31)28-15-13-27(2)14-16-28/h3-10H,11-16H2,1-2H3,(H,24,29). The molecule has 174 valence electrons. The lowest BCUT2D eigenvalue weighted by Gasteiger charge is -2.31. The van der Waals surface area contributed by atoms with Gasteiger partial charge in [0.2, 0.25) is 27.7 Å². The van der Waals surface area contributed by atoms with Crippen LogP contribution in [-0.2, 0) is 21.2 Å². The maximum Gasteiger partial charge on any atom is 0.247 e. The first-order valence-electron chi connectivity index (χ1n) is 10.8. The van der Waals surface area contributed by atoms with E-state index in [-0.39, 0.29) is 17.2 Å². The average molecular weight is 470 g/mol. The third-order valence-electron chi connectivity index (χ3n) is 5.57. The molecule has 1 aliphatic heterocycles. The van der Waals surface area contributed by atoms with Crippen molar-refractivity contribution in [2.75, 3.05) is 38.5 Å². The number of benzene rings is 2. The van der Waals surface area contributed by atoms with Crippen LogP contribution in [0.5, 0.6) is 0 Å². The van der Waals surface area contributed by atoms with Crippen LogP contribution in [0.2, 0.25) is 0 Å². The van der Waals surface area contributed by atoms with Crippen molar-refractivity contribution >= 4 is 21.6 Å². The van der Waals surface area contributed by atoms with E-state index in [4.69, 9.17) is 4.42 Å². The molecule has 0 radical (unpaired) electrons. The molecule has 1 amide bonds. The van der Waals surface area contributed by atoms with E-state index >= 15 is 0 Å². The number of anilines is 1. The normalized spacial score (nSPS) is 15.5. The van der Waals surface area contributed by atoms with E-state index in [9.17, 15) is 13.2 Å². The van der Waals surface area contributed by atoms with Crippen molar-refractivity contribution in [3.05, 3.63) is 60.0 Å². The van der Waals surface area contributed by atoms with Crippen LogP contribution >= 0.6 is 0 Å². The Kier molecular flexibility index (Phi) is 6.87. The molecule has 0 aliphatic carbocycles. The molecular weight excluding hydrogens is 442 g/mol. The smallest absolute Gasteiger partial charge is 0.247 e. The van der Waals surface area contributed by atoms with Gasteiger partial charge in [-0.1, -0.05) is 17.7 Å². The molecule has 0 saturated carbocycles. The molecule has 2 heterocycles. The molecule has 0 bridgehead atoms. The first kappa shape index (κ1) is 23.1. The molecule has 0 spiro atoms. The van der Waals surface area contributed by atoms with Crippen LogP contribution < -0.4 is 5.32 Å². The third kappa shape index (κ3) is 5.65. The summed E-state index contributed by atoms with van der Waals surface area (Å²) in [5.74, 6) is 0.580. The molecule has 3 aromatic rings. The van der Waals surface area contributed by atoms with E-state index in [1.807, 2.05) is 38.2 Å². The highest BCUT2D eigenvalue weighted by Gasteiger charge is 2.27. The number of aryl methyl sites for hydroxylation is 2. The first-order valence-corrected chi connectivity index (χ1v) is 12.2. The Hall–Kier alpha value is -3.08. The molecule has 1 saturated heterocycles. The van der Waals surface area contributed by atoms with Gasteiger partial charge in [-0.05, 0) is 50.4 Å². The first-order chi connectivity index (χ1) is 15.8. The van der Waals surface area contributed by atoms with Crippen molar-refractivity contribution in [1.82, 2.24) is 19.4 Å². The Labute approximate surface area is 193 Å². The summed E-state index contributed by atoms with van der Waals surface area (Å²) in [7, 11) is -1.56. The van der Waals surface area contributed by atoms with Gasteiger partial charge in [0.1, 0.15) is 0 Å². The minimum atomic E-state index is -3.53. The molecule has 1 fully saturated rings. The number of sulfonamides is 1. The van der Waals surface area contributed by atoms with E-state index in [0.717, 1.165) is 11.1 Å². The number of carbonyl (C=O) groups excluding carboxylic acids is 1. The fourth-order valence-electron chi connectivity index (χ4n) is 3.50. The zero-order chi connectivity index (χ0) is 23.4. The van der Waals surface area contributed by atoms with Crippen LogP contribution in [0.15, 0.2) is 57.8 Å². The number of aromatic nitrogens is 2. The van der Waals surface area contributed by atoms with Gasteiger partial charge in [0.25, 0.3) is 0 Å². The molecule has 0 unspecified atom stereocenters. The minimum Gasteiger partial charge on any atom is -0.421 e. The molecule has 10 heteroatoms. The molecule has 1 aliphatic rings. The Morgan fingerprint density at radius 2 is 1.67 bits per heavy atom. The van der Waals surface area contributed by atoms with Crippen LogP contribution in [0.1, 0.15) is 17.9 Å². The fourth-order valence-corrected chi connectivity index (χ4v) is 4.92. The predicted octanol–water partition coefficient (Wildman–Crippen LogP) is 2.55. The van der Waals surface area contributed by atoms with Crippen LogP contribution in [0.3, 0.4) is 0 Å². The number of carbonyl (C=O) groups is 1. The summed E-state index contributed by atoms with van der Waals surface area (Å²) in [4.78, 5) is 14.6. The lowest BCUT2D eigenvalue weighted by atomic mass is 10.1. The summed E-state index contributed by atoms with van der Waals surface area (Å²) in [6, 6.07) is 14.0. The van der Waals surface area contributed by atoms with Crippen molar-refractivity contribution in [2.45, 2.75) is 24.7 Å². The molecular formula is C23H27N5O4S. The summed E-state index contributed by atoms with van der Waals surface area (Å²) < 4.78 is 32.8. The molecule has 1 N–H and O–H groups in total. The second kappa shape index (κ2) is 9.82. The summed E-state index contributed by atoms with van der Waals surface area (Å²) in [6.45, 7) is 4.36. The highest BCUT2D eigenvalue weighted by Crippen LogP contribution is 2.21. The maximum absolute atomic E-state index is 12.8. The van der Waals surface area contributed by atoms with Gasteiger partial charge in [-0.3, -0.25) is 4.79 Å². The lowest BCUT2D eigenvalue weighted by molar-refractivity contribution is -0.116. The number of amides is 1. The molecule has 2 aromatic carbocycles. The van der Waals surface area contributed by atoms with Crippen LogP contribution in [0, 0.1) is 6.92 Å². The Morgan fingerprint density at radius 3 is 2.33 bits per heavy atom. The van der Waals surface area contributed by atoms with Gasteiger partial charge in [0.05, 0.1) is 4.90 Å². The van der Waals surface area contributed by atoms with Gasteiger partial charge in [-0.15, -0.1) is 10.2 Å². The monoisotopic (exact) mass is 469 g/mol. The SMILES string of the molecule is Cc1ccc(-c2nnc(CCC(=O)Nc3ccc(S(=O)(=O)N4CCN(C)CC4)cc3)o2)cc1.